The van der Waals surface area contributed by atoms with Gasteiger partial charge in [0.1, 0.15) is 0 Å². The SMILES string of the molecule is Clc1cccc(-c2cccc3ccc(Br)cc23)c1.Clc1cccc(C2=CCCc3ccc(Br)cc32)c1. The highest BCUT2D eigenvalue weighted by Crippen LogP contribution is 2.34. The van der Waals surface area contributed by atoms with Gasteiger partial charge in [0.05, 0.1) is 0 Å². The molecule has 0 bridgehead atoms. The van der Waals surface area contributed by atoms with Crippen LogP contribution in [0.3, 0.4) is 0 Å². The van der Waals surface area contributed by atoms with E-state index in [1.165, 1.54) is 38.6 Å². The van der Waals surface area contributed by atoms with Gasteiger partial charge in [0.2, 0.25) is 0 Å². The molecule has 1 aliphatic carbocycles. The summed E-state index contributed by atoms with van der Waals surface area (Å²) in [4.78, 5) is 0. The van der Waals surface area contributed by atoms with E-state index in [1.54, 1.807) is 0 Å². The Hall–Kier alpha value is -2.36. The fourth-order valence-electron chi connectivity index (χ4n) is 4.58. The molecule has 0 aromatic heterocycles. The van der Waals surface area contributed by atoms with Gasteiger partial charge in [-0.05, 0) is 106 Å². The Bertz CT molecular complexity index is 1590. The molecule has 5 aromatic carbocycles. The Morgan fingerprint density at radius 3 is 2.03 bits per heavy atom. The van der Waals surface area contributed by atoms with Gasteiger partial charge in [-0.1, -0.05) is 116 Å². The van der Waals surface area contributed by atoms with Crippen LogP contribution in [0.1, 0.15) is 23.1 Å². The number of aryl methyl sites for hydroxylation is 1. The molecule has 0 atom stereocenters. The van der Waals surface area contributed by atoms with Crippen LogP contribution in [-0.2, 0) is 6.42 Å². The smallest absolute Gasteiger partial charge is 0.0412 e. The summed E-state index contributed by atoms with van der Waals surface area (Å²) in [5.74, 6) is 0. The van der Waals surface area contributed by atoms with E-state index in [0.29, 0.717) is 0 Å². The van der Waals surface area contributed by atoms with E-state index in [2.05, 4.69) is 105 Å². The lowest BCUT2D eigenvalue weighted by atomic mass is 9.87. The maximum atomic E-state index is 6.09. The van der Waals surface area contributed by atoms with Crippen LogP contribution in [0.2, 0.25) is 10.0 Å². The Balaban J connectivity index is 0.000000148. The van der Waals surface area contributed by atoms with Crippen molar-refractivity contribution in [2.75, 3.05) is 0 Å². The molecule has 0 nitrogen and oxygen atoms in total. The van der Waals surface area contributed by atoms with Crippen LogP contribution in [0, 0.1) is 0 Å². The lowest BCUT2D eigenvalue weighted by molar-refractivity contribution is 0.977. The van der Waals surface area contributed by atoms with Crippen molar-refractivity contribution in [3.8, 4) is 11.1 Å². The lowest BCUT2D eigenvalue weighted by Gasteiger charge is -2.18. The molecule has 0 N–H and O–H groups in total. The molecular formula is C32H22Br2Cl2. The van der Waals surface area contributed by atoms with Crippen LogP contribution in [0.25, 0.3) is 27.5 Å². The van der Waals surface area contributed by atoms with Crippen LogP contribution in [-0.4, -0.2) is 0 Å². The largest absolute Gasteiger partial charge is 0.0843 e. The predicted molar refractivity (Wildman–Crippen MR) is 163 cm³/mol. The fourth-order valence-corrected chi connectivity index (χ4v) is 5.68. The highest BCUT2D eigenvalue weighted by molar-refractivity contribution is 9.10. The molecule has 0 aliphatic heterocycles. The molecule has 5 aromatic rings. The molecule has 178 valence electrons. The van der Waals surface area contributed by atoms with E-state index in [-0.39, 0.29) is 0 Å². The molecule has 0 heterocycles. The van der Waals surface area contributed by atoms with Gasteiger partial charge in [-0.3, -0.25) is 0 Å². The second-order valence-corrected chi connectivity index (χ2v) is 11.4. The molecule has 0 saturated carbocycles. The first kappa shape index (κ1) is 25.3. The molecular weight excluding hydrogens is 615 g/mol. The highest BCUT2D eigenvalue weighted by atomic mass is 79.9. The minimum absolute atomic E-state index is 0.763. The van der Waals surface area contributed by atoms with Crippen molar-refractivity contribution in [3.63, 3.8) is 0 Å². The number of halogens is 4. The molecule has 6 rings (SSSR count). The van der Waals surface area contributed by atoms with Crippen molar-refractivity contribution in [3.05, 3.63) is 145 Å². The van der Waals surface area contributed by atoms with Crippen LogP contribution in [0.4, 0.5) is 0 Å². The maximum absolute atomic E-state index is 6.09. The fraction of sp³-hybridized carbons (Fsp3) is 0.0625. The molecule has 4 heteroatoms. The summed E-state index contributed by atoms with van der Waals surface area (Å²) in [7, 11) is 0. The van der Waals surface area contributed by atoms with Crippen molar-refractivity contribution in [2.24, 2.45) is 0 Å². The topological polar surface area (TPSA) is 0 Å². The predicted octanol–water partition coefficient (Wildman–Crippen LogP) is 11.4. The van der Waals surface area contributed by atoms with Crippen molar-refractivity contribution in [1.82, 2.24) is 0 Å². The normalized spacial score (nSPS) is 12.4. The van der Waals surface area contributed by atoms with Gasteiger partial charge < -0.3 is 0 Å². The first-order chi connectivity index (χ1) is 17.5. The van der Waals surface area contributed by atoms with E-state index < -0.39 is 0 Å². The average Bonchev–Trinajstić information content (AvgIpc) is 2.88. The highest BCUT2D eigenvalue weighted by Gasteiger charge is 2.14. The summed E-state index contributed by atoms with van der Waals surface area (Å²) in [5.41, 5.74) is 7.57. The third kappa shape index (κ3) is 5.79. The molecule has 0 saturated heterocycles. The van der Waals surface area contributed by atoms with Gasteiger partial charge >= 0.3 is 0 Å². The number of hydrogen-bond acceptors (Lipinski definition) is 0. The van der Waals surface area contributed by atoms with Crippen molar-refractivity contribution in [1.29, 1.82) is 0 Å². The van der Waals surface area contributed by atoms with Gasteiger partial charge in [0.15, 0.2) is 0 Å². The average molecular weight is 637 g/mol. The monoisotopic (exact) mass is 634 g/mol. The molecule has 0 amide bonds. The third-order valence-electron chi connectivity index (χ3n) is 6.24. The standard InChI is InChI=1S/C16H12BrCl.C16H10BrCl/c2*17-13-8-7-11-3-2-6-15(16(11)10-13)12-4-1-5-14(18)9-12/h1,4-10H,2-3H2;1-10H. The number of benzene rings is 5. The van der Waals surface area contributed by atoms with E-state index in [4.69, 9.17) is 23.2 Å². The zero-order chi connectivity index (χ0) is 25.1. The summed E-state index contributed by atoms with van der Waals surface area (Å²) in [6.45, 7) is 0. The number of allylic oxidation sites excluding steroid dienone is 1. The van der Waals surface area contributed by atoms with Gasteiger partial charge in [0, 0.05) is 19.0 Å². The van der Waals surface area contributed by atoms with Gasteiger partial charge in [-0.15, -0.1) is 0 Å². The summed E-state index contributed by atoms with van der Waals surface area (Å²) in [5, 5.41) is 4.01. The Kier molecular flexibility index (Phi) is 7.98. The van der Waals surface area contributed by atoms with Crippen LogP contribution in [0.15, 0.2) is 118 Å². The molecule has 0 fully saturated rings. The molecule has 0 unspecified atom stereocenters. The first-order valence-electron chi connectivity index (χ1n) is 11.7. The van der Waals surface area contributed by atoms with Crippen molar-refractivity contribution in [2.45, 2.75) is 12.8 Å². The Morgan fingerprint density at radius 1 is 0.583 bits per heavy atom. The van der Waals surface area contributed by atoms with Crippen LogP contribution in [0.5, 0.6) is 0 Å². The molecule has 0 radical (unpaired) electrons. The lowest BCUT2D eigenvalue weighted by Crippen LogP contribution is -2.00. The molecule has 1 aliphatic rings. The summed E-state index contributed by atoms with van der Waals surface area (Å²) < 4.78 is 2.21. The minimum Gasteiger partial charge on any atom is -0.0843 e. The number of rotatable bonds is 2. The van der Waals surface area contributed by atoms with Gasteiger partial charge in [-0.2, -0.15) is 0 Å². The number of fused-ring (bicyclic) bond motifs is 2. The van der Waals surface area contributed by atoms with E-state index >= 15 is 0 Å². The second-order valence-electron chi connectivity index (χ2n) is 8.65. The zero-order valence-electron chi connectivity index (χ0n) is 19.3. The quantitative estimate of drug-likeness (QED) is 0.181. The summed E-state index contributed by atoms with van der Waals surface area (Å²) in [6, 6.07) is 35.2. The van der Waals surface area contributed by atoms with Crippen LogP contribution < -0.4 is 0 Å². The third-order valence-corrected chi connectivity index (χ3v) is 7.70. The van der Waals surface area contributed by atoms with Crippen molar-refractivity contribution >= 4 is 71.4 Å². The van der Waals surface area contributed by atoms with E-state index in [1.807, 2.05) is 36.4 Å². The summed E-state index contributed by atoms with van der Waals surface area (Å²) in [6.07, 6.45) is 4.52. The van der Waals surface area contributed by atoms with Crippen molar-refractivity contribution < 1.29 is 0 Å². The van der Waals surface area contributed by atoms with Gasteiger partial charge in [-0.25, -0.2) is 0 Å². The van der Waals surface area contributed by atoms with Gasteiger partial charge in [0.25, 0.3) is 0 Å². The Morgan fingerprint density at radius 2 is 1.25 bits per heavy atom. The minimum atomic E-state index is 0.763. The number of hydrogen-bond donors (Lipinski definition) is 0. The van der Waals surface area contributed by atoms with Crippen LogP contribution >= 0.6 is 55.1 Å². The summed E-state index contributed by atoms with van der Waals surface area (Å²) >= 11 is 19.2. The molecule has 36 heavy (non-hydrogen) atoms. The van der Waals surface area contributed by atoms with E-state index in [0.717, 1.165) is 37.4 Å². The Labute approximate surface area is 238 Å². The first-order valence-corrected chi connectivity index (χ1v) is 14.0. The molecule has 0 spiro atoms. The van der Waals surface area contributed by atoms with E-state index in [9.17, 15) is 0 Å². The maximum Gasteiger partial charge on any atom is 0.0412 e. The second kappa shape index (κ2) is 11.4. The zero-order valence-corrected chi connectivity index (χ0v) is 24.0.